The molecule has 0 aliphatic heterocycles. The summed E-state index contributed by atoms with van der Waals surface area (Å²) in [4.78, 5) is 11.7. The van der Waals surface area contributed by atoms with Crippen LogP contribution in [0.3, 0.4) is 0 Å². The molecule has 0 aliphatic rings. The molecule has 84 valence electrons. The number of carbonyl (C=O) groups is 1. The molecule has 0 spiro atoms. The van der Waals surface area contributed by atoms with Gasteiger partial charge in [0, 0.05) is 18.5 Å². The number of nitrogens with zero attached hydrogens (tertiary/aromatic N) is 1. The summed E-state index contributed by atoms with van der Waals surface area (Å²) in [7, 11) is 0. The molecule has 1 N–H and O–H groups in total. The van der Waals surface area contributed by atoms with E-state index in [2.05, 4.69) is 0 Å². The van der Waals surface area contributed by atoms with Gasteiger partial charge in [-0.25, -0.2) is 4.79 Å². The van der Waals surface area contributed by atoms with Crippen LogP contribution in [0.2, 0.25) is 0 Å². The largest absolute Gasteiger partial charge is 0.508 e. The highest BCUT2D eigenvalue weighted by Crippen LogP contribution is 2.22. The molecule has 4 nitrogen and oxygen atoms in total. The van der Waals surface area contributed by atoms with Crippen LogP contribution in [0.1, 0.15) is 22.8 Å². The first kappa shape index (κ1) is 10.5. The molecule has 16 heavy (non-hydrogen) atoms. The Bertz CT molecular complexity index is 542. The fraction of sp³-hybridized carbons (Fsp3) is 0.250. The molecule has 4 heteroatoms. The Morgan fingerprint density at radius 2 is 2.31 bits per heavy atom. The summed E-state index contributed by atoms with van der Waals surface area (Å²) in [5.41, 5.74) is 2.01. The maximum Gasteiger partial charge on any atom is 0.340 e. The highest BCUT2D eigenvalue weighted by molar-refractivity contribution is 5.99. The minimum Gasteiger partial charge on any atom is -0.508 e. The van der Waals surface area contributed by atoms with Crippen molar-refractivity contribution in [2.24, 2.45) is 0 Å². The van der Waals surface area contributed by atoms with Gasteiger partial charge in [-0.05, 0) is 25.5 Å². The van der Waals surface area contributed by atoms with Crippen molar-refractivity contribution in [1.82, 2.24) is 4.40 Å². The second kappa shape index (κ2) is 3.89. The quantitative estimate of drug-likeness (QED) is 0.787. The van der Waals surface area contributed by atoms with Gasteiger partial charge in [0.15, 0.2) is 0 Å². The summed E-state index contributed by atoms with van der Waals surface area (Å²) in [5, 5.41) is 9.41. The Balaban J connectivity index is 2.62. The molecule has 0 radical (unpaired) electrons. The van der Waals surface area contributed by atoms with Gasteiger partial charge in [0.1, 0.15) is 5.75 Å². The van der Waals surface area contributed by atoms with Gasteiger partial charge in [0.2, 0.25) is 0 Å². The summed E-state index contributed by atoms with van der Waals surface area (Å²) in [6.07, 6.45) is 3.54. The van der Waals surface area contributed by atoms with Gasteiger partial charge in [-0.2, -0.15) is 0 Å². The van der Waals surface area contributed by atoms with E-state index >= 15 is 0 Å². The van der Waals surface area contributed by atoms with E-state index in [1.54, 1.807) is 29.7 Å². The number of aromatic nitrogens is 1. The highest BCUT2D eigenvalue weighted by Gasteiger charge is 2.16. The van der Waals surface area contributed by atoms with Crippen LogP contribution in [0.25, 0.3) is 5.52 Å². The number of ether oxygens (including phenoxy) is 1. The topological polar surface area (TPSA) is 50.9 Å². The fourth-order valence-corrected chi connectivity index (χ4v) is 1.76. The molecule has 0 aromatic carbocycles. The van der Waals surface area contributed by atoms with Gasteiger partial charge >= 0.3 is 5.97 Å². The molecule has 0 saturated carbocycles. The first-order valence-corrected chi connectivity index (χ1v) is 5.11. The van der Waals surface area contributed by atoms with Crippen LogP contribution in [0.15, 0.2) is 24.5 Å². The minimum atomic E-state index is -0.354. The number of hydrogen-bond donors (Lipinski definition) is 1. The van der Waals surface area contributed by atoms with Crippen molar-refractivity contribution in [3.05, 3.63) is 35.7 Å². The maximum atomic E-state index is 11.7. The number of hydrogen-bond acceptors (Lipinski definition) is 3. The Kier molecular flexibility index (Phi) is 2.56. The van der Waals surface area contributed by atoms with Crippen molar-refractivity contribution >= 4 is 11.5 Å². The second-order valence-corrected chi connectivity index (χ2v) is 3.59. The lowest BCUT2D eigenvalue weighted by atomic mass is 10.2. The molecule has 0 saturated heterocycles. The molecule has 0 bridgehead atoms. The first-order chi connectivity index (χ1) is 7.63. The zero-order valence-corrected chi connectivity index (χ0v) is 9.23. The third kappa shape index (κ3) is 1.62. The van der Waals surface area contributed by atoms with Crippen LogP contribution in [0.5, 0.6) is 5.75 Å². The summed E-state index contributed by atoms with van der Waals surface area (Å²) in [6, 6.07) is 3.13. The summed E-state index contributed by atoms with van der Waals surface area (Å²) in [6.45, 7) is 3.95. The smallest absolute Gasteiger partial charge is 0.340 e. The van der Waals surface area contributed by atoms with E-state index in [9.17, 15) is 9.90 Å². The van der Waals surface area contributed by atoms with E-state index in [0.717, 1.165) is 5.56 Å². The molecule has 0 amide bonds. The van der Waals surface area contributed by atoms with Gasteiger partial charge < -0.3 is 14.2 Å². The van der Waals surface area contributed by atoms with Crippen molar-refractivity contribution in [3.63, 3.8) is 0 Å². The Morgan fingerprint density at radius 1 is 1.56 bits per heavy atom. The van der Waals surface area contributed by atoms with E-state index in [-0.39, 0.29) is 11.7 Å². The van der Waals surface area contributed by atoms with Gasteiger partial charge in [-0.15, -0.1) is 0 Å². The van der Waals surface area contributed by atoms with Gasteiger partial charge in [-0.1, -0.05) is 0 Å². The summed E-state index contributed by atoms with van der Waals surface area (Å²) < 4.78 is 6.77. The van der Waals surface area contributed by atoms with Crippen molar-refractivity contribution in [3.8, 4) is 5.75 Å². The summed E-state index contributed by atoms with van der Waals surface area (Å²) >= 11 is 0. The zero-order chi connectivity index (χ0) is 11.7. The lowest BCUT2D eigenvalue weighted by Crippen LogP contribution is -2.05. The van der Waals surface area contributed by atoms with Crippen molar-refractivity contribution in [2.45, 2.75) is 13.8 Å². The molecular weight excluding hydrogens is 206 g/mol. The second-order valence-electron chi connectivity index (χ2n) is 3.59. The number of aryl methyl sites for hydroxylation is 1. The van der Waals surface area contributed by atoms with Gasteiger partial charge in [0.05, 0.1) is 17.7 Å². The normalized spacial score (nSPS) is 10.6. The maximum absolute atomic E-state index is 11.7. The number of carbonyl (C=O) groups excluding carboxylic acids is 1. The van der Waals surface area contributed by atoms with Crippen LogP contribution < -0.4 is 0 Å². The minimum absolute atomic E-state index is 0.135. The van der Waals surface area contributed by atoms with Gasteiger partial charge in [0.25, 0.3) is 0 Å². The monoisotopic (exact) mass is 219 g/mol. The van der Waals surface area contributed by atoms with Crippen molar-refractivity contribution < 1.29 is 14.6 Å². The summed E-state index contributed by atoms with van der Waals surface area (Å²) in [5.74, 6) is -0.218. The average molecular weight is 219 g/mol. The van der Waals surface area contributed by atoms with Crippen LogP contribution in [0, 0.1) is 6.92 Å². The van der Waals surface area contributed by atoms with Crippen LogP contribution in [-0.4, -0.2) is 22.1 Å². The molecule has 0 fully saturated rings. The van der Waals surface area contributed by atoms with E-state index in [1.807, 2.05) is 13.1 Å². The third-order valence-corrected chi connectivity index (χ3v) is 2.43. The Morgan fingerprint density at radius 3 is 3.00 bits per heavy atom. The molecule has 2 rings (SSSR count). The molecule has 0 atom stereocenters. The SMILES string of the molecule is CCOC(=O)c1c(C)cn2ccc(O)cc12. The fourth-order valence-electron chi connectivity index (χ4n) is 1.76. The predicted molar refractivity (Wildman–Crippen MR) is 59.8 cm³/mol. The zero-order valence-electron chi connectivity index (χ0n) is 9.23. The molecular formula is C12H13NO3. The number of esters is 1. The van der Waals surface area contributed by atoms with Gasteiger partial charge in [-0.3, -0.25) is 0 Å². The van der Waals surface area contributed by atoms with Crippen molar-refractivity contribution in [2.75, 3.05) is 6.61 Å². The van der Waals surface area contributed by atoms with Crippen LogP contribution >= 0.6 is 0 Å². The number of pyridine rings is 1. The van der Waals surface area contributed by atoms with Crippen molar-refractivity contribution in [1.29, 1.82) is 0 Å². The molecule has 0 aliphatic carbocycles. The van der Waals surface area contributed by atoms with E-state index in [1.165, 1.54) is 0 Å². The average Bonchev–Trinajstić information content (AvgIpc) is 2.53. The van der Waals surface area contributed by atoms with E-state index in [0.29, 0.717) is 17.7 Å². The number of fused-ring (bicyclic) bond motifs is 1. The van der Waals surface area contributed by atoms with E-state index in [4.69, 9.17) is 4.74 Å². The molecule has 0 unspecified atom stereocenters. The number of aromatic hydroxyl groups is 1. The third-order valence-electron chi connectivity index (χ3n) is 2.43. The molecule has 2 aromatic heterocycles. The predicted octanol–water partition coefficient (Wildman–Crippen LogP) is 2.13. The lowest BCUT2D eigenvalue weighted by molar-refractivity contribution is 0.0528. The van der Waals surface area contributed by atoms with Crippen LogP contribution in [-0.2, 0) is 4.74 Å². The number of rotatable bonds is 2. The highest BCUT2D eigenvalue weighted by atomic mass is 16.5. The first-order valence-electron chi connectivity index (χ1n) is 5.11. The Hall–Kier alpha value is -1.97. The standard InChI is InChI=1S/C12H13NO3/c1-3-16-12(15)11-8(2)7-13-5-4-9(14)6-10(11)13/h4-7,14H,3H2,1-2H3. The Labute approximate surface area is 93.1 Å². The van der Waals surface area contributed by atoms with E-state index < -0.39 is 0 Å². The molecule has 2 aromatic rings. The van der Waals surface area contributed by atoms with Crippen LogP contribution in [0.4, 0.5) is 0 Å². The lowest BCUT2D eigenvalue weighted by Gasteiger charge is -2.02. The molecule has 2 heterocycles.